The summed E-state index contributed by atoms with van der Waals surface area (Å²) in [6.45, 7) is 2.25. The lowest BCUT2D eigenvalue weighted by atomic mass is 9.86. The van der Waals surface area contributed by atoms with E-state index >= 15 is 0 Å². The van der Waals surface area contributed by atoms with E-state index in [1.807, 2.05) is 0 Å². The number of benzene rings is 1. The van der Waals surface area contributed by atoms with Gasteiger partial charge >= 0.3 is 0 Å². The average molecular weight is 266 g/mol. The van der Waals surface area contributed by atoms with Crippen LogP contribution in [0.5, 0.6) is 0 Å². The quantitative estimate of drug-likeness (QED) is 0.798. The van der Waals surface area contributed by atoms with Gasteiger partial charge in [0.2, 0.25) is 0 Å². The molecule has 0 unspecified atom stereocenters. The van der Waals surface area contributed by atoms with Crippen molar-refractivity contribution in [3.8, 4) is 0 Å². The van der Waals surface area contributed by atoms with Crippen LogP contribution in [0.1, 0.15) is 32.6 Å². The number of thiocarbonyl (C=S) groups is 1. The topological polar surface area (TPSA) is 24.1 Å². The van der Waals surface area contributed by atoms with Gasteiger partial charge in [0.25, 0.3) is 0 Å². The fourth-order valence-corrected chi connectivity index (χ4v) is 2.70. The number of rotatable bonds is 2. The van der Waals surface area contributed by atoms with Crippen molar-refractivity contribution in [3.63, 3.8) is 0 Å². The third-order valence-corrected chi connectivity index (χ3v) is 3.73. The van der Waals surface area contributed by atoms with Gasteiger partial charge in [0, 0.05) is 11.7 Å². The fraction of sp³-hybridized carbons (Fsp3) is 0.500. The van der Waals surface area contributed by atoms with Gasteiger partial charge in [0.15, 0.2) is 5.11 Å². The summed E-state index contributed by atoms with van der Waals surface area (Å²) < 4.78 is 13.0. The minimum atomic E-state index is -0.256. The first-order chi connectivity index (χ1) is 8.65. The number of hydrogen-bond donors (Lipinski definition) is 2. The summed E-state index contributed by atoms with van der Waals surface area (Å²) in [5, 5.41) is 6.95. The van der Waals surface area contributed by atoms with Crippen molar-refractivity contribution < 1.29 is 4.39 Å². The molecule has 0 saturated heterocycles. The van der Waals surface area contributed by atoms with Crippen molar-refractivity contribution >= 4 is 23.0 Å². The molecule has 0 radical (unpaired) electrons. The molecule has 4 heteroatoms. The van der Waals surface area contributed by atoms with Crippen LogP contribution in [0.25, 0.3) is 0 Å². The smallest absolute Gasteiger partial charge is 0.171 e. The zero-order valence-electron chi connectivity index (χ0n) is 10.6. The second-order valence-corrected chi connectivity index (χ2v) is 5.39. The van der Waals surface area contributed by atoms with E-state index in [0.717, 1.165) is 6.42 Å². The van der Waals surface area contributed by atoms with Crippen molar-refractivity contribution in [2.24, 2.45) is 5.92 Å². The summed E-state index contributed by atoms with van der Waals surface area (Å²) >= 11 is 5.27. The molecule has 0 spiro atoms. The van der Waals surface area contributed by atoms with Gasteiger partial charge in [-0.05, 0) is 49.2 Å². The van der Waals surface area contributed by atoms with Crippen molar-refractivity contribution in [3.05, 3.63) is 30.1 Å². The summed E-state index contributed by atoms with van der Waals surface area (Å²) in [7, 11) is 0. The maximum absolute atomic E-state index is 13.0. The molecule has 1 aliphatic rings. The van der Waals surface area contributed by atoms with Crippen LogP contribution < -0.4 is 10.6 Å². The zero-order chi connectivity index (χ0) is 13.0. The molecular weight excluding hydrogens is 247 g/mol. The molecule has 1 aliphatic carbocycles. The van der Waals surface area contributed by atoms with E-state index in [4.69, 9.17) is 12.2 Å². The Morgan fingerprint density at radius 1 is 1.33 bits per heavy atom. The lowest BCUT2D eigenvalue weighted by Crippen LogP contribution is -2.43. The Labute approximate surface area is 113 Å². The SMILES string of the molecule is C[C@H]1CCCC[C@H]1NC(=S)Nc1cccc(F)c1. The number of anilines is 1. The van der Waals surface area contributed by atoms with Crippen molar-refractivity contribution in [2.45, 2.75) is 38.6 Å². The highest BCUT2D eigenvalue weighted by molar-refractivity contribution is 7.80. The van der Waals surface area contributed by atoms with Gasteiger partial charge in [-0.2, -0.15) is 0 Å². The Kier molecular flexibility index (Phi) is 4.53. The lowest BCUT2D eigenvalue weighted by Gasteiger charge is -2.30. The standard InChI is InChI=1S/C14H19FN2S/c1-10-5-2-3-8-13(10)17-14(18)16-12-7-4-6-11(15)9-12/h4,6-7,9-10,13H,2-3,5,8H2,1H3,(H2,16,17,18)/t10-,13+/m0/s1. The van der Waals surface area contributed by atoms with E-state index in [1.54, 1.807) is 12.1 Å². The maximum Gasteiger partial charge on any atom is 0.171 e. The van der Waals surface area contributed by atoms with Crippen LogP contribution in [-0.2, 0) is 0 Å². The van der Waals surface area contributed by atoms with Crippen LogP contribution >= 0.6 is 12.2 Å². The Morgan fingerprint density at radius 3 is 2.83 bits per heavy atom. The highest BCUT2D eigenvalue weighted by Gasteiger charge is 2.21. The fourth-order valence-electron chi connectivity index (χ4n) is 2.43. The molecule has 2 N–H and O–H groups in total. The van der Waals surface area contributed by atoms with Crippen molar-refractivity contribution in [2.75, 3.05) is 5.32 Å². The summed E-state index contributed by atoms with van der Waals surface area (Å²) in [6.07, 6.45) is 4.97. The summed E-state index contributed by atoms with van der Waals surface area (Å²) in [4.78, 5) is 0. The molecule has 0 heterocycles. The minimum Gasteiger partial charge on any atom is -0.359 e. The van der Waals surface area contributed by atoms with Gasteiger partial charge in [-0.25, -0.2) is 4.39 Å². The van der Waals surface area contributed by atoms with E-state index < -0.39 is 0 Å². The first-order valence-corrected chi connectivity index (χ1v) is 6.89. The molecule has 2 atom stereocenters. The first kappa shape index (κ1) is 13.3. The molecule has 1 aromatic carbocycles. The largest absolute Gasteiger partial charge is 0.359 e. The van der Waals surface area contributed by atoms with Gasteiger partial charge in [-0.3, -0.25) is 0 Å². The third-order valence-electron chi connectivity index (χ3n) is 3.51. The maximum atomic E-state index is 13.0. The Bertz CT molecular complexity index is 422. The highest BCUT2D eigenvalue weighted by atomic mass is 32.1. The summed E-state index contributed by atoms with van der Waals surface area (Å²) in [5.41, 5.74) is 0.691. The molecule has 0 aliphatic heterocycles. The number of hydrogen-bond acceptors (Lipinski definition) is 1. The molecule has 0 bridgehead atoms. The molecule has 0 aromatic heterocycles. The lowest BCUT2D eigenvalue weighted by molar-refractivity contribution is 0.309. The van der Waals surface area contributed by atoms with E-state index in [9.17, 15) is 4.39 Å². The van der Waals surface area contributed by atoms with Crippen LogP contribution in [0.4, 0.5) is 10.1 Å². The van der Waals surface area contributed by atoms with Crippen molar-refractivity contribution in [1.82, 2.24) is 5.32 Å². The predicted molar refractivity (Wildman–Crippen MR) is 77.2 cm³/mol. The predicted octanol–water partition coefficient (Wildman–Crippen LogP) is 3.69. The van der Waals surface area contributed by atoms with Gasteiger partial charge in [-0.15, -0.1) is 0 Å². The Balaban J connectivity index is 1.88. The zero-order valence-corrected chi connectivity index (χ0v) is 11.4. The van der Waals surface area contributed by atoms with E-state index in [2.05, 4.69) is 17.6 Å². The van der Waals surface area contributed by atoms with Crippen LogP contribution in [0.3, 0.4) is 0 Å². The molecule has 2 nitrogen and oxygen atoms in total. The molecule has 98 valence electrons. The summed E-state index contributed by atoms with van der Waals surface area (Å²) in [5.74, 6) is 0.389. The Hall–Kier alpha value is -1.16. The van der Waals surface area contributed by atoms with Crippen molar-refractivity contribution in [1.29, 1.82) is 0 Å². The highest BCUT2D eigenvalue weighted by Crippen LogP contribution is 2.23. The van der Waals surface area contributed by atoms with Gasteiger partial charge in [0.1, 0.15) is 5.82 Å². The van der Waals surface area contributed by atoms with Crippen LogP contribution in [0.15, 0.2) is 24.3 Å². The minimum absolute atomic E-state index is 0.256. The van der Waals surface area contributed by atoms with Crippen LogP contribution in [-0.4, -0.2) is 11.2 Å². The number of nitrogens with one attached hydrogen (secondary N) is 2. The van der Waals surface area contributed by atoms with E-state index in [-0.39, 0.29) is 5.82 Å². The van der Waals surface area contributed by atoms with Gasteiger partial charge < -0.3 is 10.6 Å². The van der Waals surface area contributed by atoms with E-state index in [0.29, 0.717) is 22.8 Å². The first-order valence-electron chi connectivity index (χ1n) is 6.48. The average Bonchev–Trinajstić information content (AvgIpc) is 2.32. The van der Waals surface area contributed by atoms with Gasteiger partial charge in [0.05, 0.1) is 0 Å². The molecule has 1 saturated carbocycles. The van der Waals surface area contributed by atoms with Gasteiger partial charge in [-0.1, -0.05) is 25.8 Å². The molecule has 0 amide bonds. The molecular formula is C14H19FN2S. The second kappa shape index (κ2) is 6.14. The van der Waals surface area contributed by atoms with Crippen LogP contribution in [0, 0.1) is 11.7 Å². The molecule has 1 aromatic rings. The molecule has 2 rings (SSSR count). The van der Waals surface area contributed by atoms with E-state index in [1.165, 1.54) is 31.4 Å². The molecule has 18 heavy (non-hydrogen) atoms. The number of halogens is 1. The second-order valence-electron chi connectivity index (χ2n) is 4.98. The van der Waals surface area contributed by atoms with Crippen LogP contribution in [0.2, 0.25) is 0 Å². The molecule has 1 fully saturated rings. The Morgan fingerprint density at radius 2 is 2.11 bits per heavy atom. The summed E-state index contributed by atoms with van der Waals surface area (Å²) in [6, 6.07) is 6.78. The normalized spacial score (nSPS) is 23.4. The monoisotopic (exact) mass is 266 g/mol. The third kappa shape index (κ3) is 3.67.